The molecular weight excluding hydrogens is 367 g/mol. The molecule has 0 aliphatic heterocycles. The predicted octanol–water partition coefficient (Wildman–Crippen LogP) is 6.36. The number of rotatable bonds is 3. The molecule has 1 aromatic heterocycles. The van der Waals surface area contributed by atoms with Crippen molar-refractivity contribution in [3.8, 4) is 11.3 Å². The van der Waals surface area contributed by atoms with Crippen molar-refractivity contribution in [2.24, 2.45) is 0 Å². The quantitative estimate of drug-likeness (QED) is 0.414. The van der Waals surface area contributed by atoms with Crippen LogP contribution in [0.2, 0.25) is 10.0 Å². The third-order valence-corrected chi connectivity index (χ3v) is 4.90. The van der Waals surface area contributed by atoms with Gasteiger partial charge in [-0.05, 0) is 29.8 Å². The van der Waals surface area contributed by atoms with Gasteiger partial charge in [0, 0.05) is 27.6 Å². The minimum absolute atomic E-state index is 0.0447. The van der Waals surface area contributed by atoms with Crippen LogP contribution in [0.4, 0.5) is 0 Å². The summed E-state index contributed by atoms with van der Waals surface area (Å²) < 4.78 is 6.13. The highest BCUT2D eigenvalue weighted by molar-refractivity contribution is 6.35. The van der Waals surface area contributed by atoms with Gasteiger partial charge < -0.3 is 4.42 Å². The van der Waals surface area contributed by atoms with E-state index < -0.39 is 0 Å². The summed E-state index contributed by atoms with van der Waals surface area (Å²) in [5.41, 5.74) is 2.80. The molecule has 4 aromatic rings. The van der Waals surface area contributed by atoms with E-state index in [4.69, 9.17) is 27.6 Å². The van der Waals surface area contributed by atoms with Gasteiger partial charge in [0.25, 0.3) is 0 Å². The number of fused-ring (bicyclic) bond motifs is 1. The fraction of sp³-hybridized carbons (Fsp3) is 0.0455. The van der Waals surface area contributed by atoms with Gasteiger partial charge in [-0.3, -0.25) is 4.79 Å². The molecule has 0 saturated heterocycles. The van der Waals surface area contributed by atoms with Gasteiger partial charge in [-0.1, -0.05) is 71.7 Å². The van der Waals surface area contributed by atoms with Crippen molar-refractivity contribution in [3.63, 3.8) is 0 Å². The Kier molecular flexibility index (Phi) is 4.54. The Labute approximate surface area is 160 Å². The first-order valence-electron chi connectivity index (χ1n) is 8.17. The molecule has 0 atom stereocenters. The topological polar surface area (TPSA) is 30.2 Å². The van der Waals surface area contributed by atoms with E-state index in [0.29, 0.717) is 38.8 Å². The molecule has 0 N–H and O–H groups in total. The lowest BCUT2D eigenvalue weighted by Crippen LogP contribution is -2.12. The monoisotopic (exact) mass is 380 g/mol. The van der Waals surface area contributed by atoms with Gasteiger partial charge >= 0.3 is 0 Å². The molecule has 0 spiro atoms. The van der Waals surface area contributed by atoms with Crippen molar-refractivity contribution in [3.05, 3.63) is 104 Å². The maximum Gasteiger partial charge on any atom is 0.196 e. The lowest BCUT2D eigenvalue weighted by atomic mass is 9.98. The molecule has 128 valence electrons. The Morgan fingerprint density at radius 1 is 0.846 bits per heavy atom. The molecule has 1 heterocycles. The molecule has 0 fully saturated rings. The molecule has 26 heavy (non-hydrogen) atoms. The van der Waals surface area contributed by atoms with Crippen molar-refractivity contribution in [1.29, 1.82) is 0 Å². The zero-order valence-corrected chi connectivity index (χ0v) is 15.2. The Balaban J connectivity index is 1.97. The van der Waals surface area contributed by atoms with Crippen LogP contribution in [-0.2, 0) is 6.42 Å². The summed E-state index contributed by atoms with van der Waals surface area (Å²) in [6, 6.07) is 22.2. The Morgan fingerprint density at radius 2 is 1.58 bits per heavy atom. The molecular formula is C22H14Cl2O2. The molecule has 0 unspecified atom stereocenters. The van der Waals surface area contributed by atoms with Crippen molar-refractivity contribution in [2.75, 3.05) is 0 Å². The summed E-state index contributed by atoms with van der Waals surface area (Å²) >= 11 is 12.3. The number of benzene rings is 3. The van der Waals surface area contributed by atoms with E-state index in [0.717, 1.165) is 11.1 Å². The van der Waals surface area contributed by atoms with Crippen LogP contribution in [0.25, 0.3) is 22.3 Å². The number of para-hydroxylation sites is 1. The van der Waals surface area contributed by atoms with E-state index in [1.54, 1.807) is 18.2 Å². The number of hydrogen-bond donors (Lipinski definition) is 0. The fourth-order valence-corrected chi connectivity index (χ4v) is 3.49. The summed E-state index contributed by atoms with van der Waals surface area (Å²) in [5, 5.41) is 1.66. The van der Waals surface area contributed by atoms with E-state index in [1.165, 1.54) is 0 Å². The second kappa shape index (κ2) is 6.99. The second-order valence-corrected chi connectivity index (χ2v) is 6.86. The molecule has 2 nitrogen and oxygen atoms in total. The summed E-state index contributed by atoms with van der Waals surface area (Å²) in [7, 11) is 0. The molecule has 0 bridgehead atoms. The summed E-state index contributed by atoms with van der Waals surface area (Å²) in [5.74, 6) is 0.570. The van der Waals surface area contributed by atoms with Crippen LogP contribution >= 0.6 is 23.2 Å². The molecule has 4 rings (SSSR count). The van der Waals surface area contributed by atoms with Crippen LogP contribution in [-0.4, -0.2) is 0 Å². The lowest BCUT2D eigenvalue weighted by Gasteiger charge is -2.11. The van der Waals surface area contributed by atoms with Gasteiger partial charge in [0.05, 0.1) is 5.39 Å². The van der Waals surface area contributed by atoms with Crippen molar-refractivity contribution < 1.29 is 4.42 Å². The fourth-order valence-electron chi connectivity index (χ4n) is 3.02. The van der Waals surface area contributed by atoms with Crippen LogP contribution in [0.1, 0.15) is 11.1 Å². The predicted molar refractivity (Wildman–Crippen MR) is 107 cm³/mol. The maximum absolute atomic E-state index is 13.2. The SMILES string of the molecule is O=c1c(Cc2ccc(Cl)cc2Cl)c(-c2ccccc2)oc2ccccc12. The van der Waals surface area contributed by atoms with Gasteiger partial charge in [-0.2, -0.15) is 0 Å². The molecule has 0 aliphatic rings. The van der Waals surface area contributed by atoms with Crippen molar-refractivity contribution in [2.45, 2.75) is 6.42 Å². The highest BCUT2D eigenvalue weighted by atomic mass is 35.5. The van der Waals surface area contributed by atoms with Crippen LogP contribution in [0.15, 0.2) is 82.0 Å². The minimum Gasteiger partial charge on any atom is -0.456 e. The second-order valence-electron chi connectivity index (χ2n) is 6.01. The van der Waals surface area contributed by atoms with E-state index in [9.17, 15) is 4.79 Å². The van der Waals surface area contributed by atoms with E-state index in [-0.39, 0.29) is 5.43 Å². The average Bonchev–Trinajstić information content (AvgIpc) is 2.66. The summed E-state index contributed by atoms with van der Waals surface area (Å²) in [6.07, 6.45) is 0.368. The van der Waals surface area contributed by atoms with E-state index in [1.807, 2.05) is 54.6 Å². The van der Waals surface area contributed by atoms with Crippen LogP contribution in [0, 0.1) is 0 Å². The maximum atomic E-state index is 13.2. The smallest absolute Gasteiger partial charge is 0.196 e. The lowest BCUT2D eigenvalue weighted by molar-refractivity contribution is 0.611. The Hall–Kier alpha value is -2.55. The standard InChI is InChI=1S/C22H14Cl2O2/c23-16-11-10-15(19(24)13-16)12-18-21(25)17-8-4-5-9-20(17)26-22(18)14-6-2-1-3-7-14/h1-11,13H,12H2. The highest BCUT2D eigenvalue weighted by Crippen LogP contribution is 2.29. The number of hydrogen-bond acceptors (Lipinski definition) is 2. The molecule has 4 heteroatoms. The summed E-state index contributed by atoms with van der Waals surface area (Å²) in [6.45, 7) is 0. The minimum atomic E-state index is -0.0447. The zero-order chi connectivity index (χ0) is 18.1. The van der Waals surface area contributed by atoms with Gasteiger partial charge in [0.15, 0.2) is 5.43 Å². The largest absolute Gasteiger partial charge is 0.456 e. The normalized spacial score (nSPS) is 11.0. The van der Waals surface area contributed by atoms with E-state index >= 15 is 0 Å². The Bertz CT molecular complexity index is 1150. The van der Waals surface area contributed by atoms with Gasteiger partial charge in [0.2, 0.25) is 0 Å². The van der Waals surface area contributed by atoms with Crippen LogP contribution in [0.5, 0.6) is 0 Å². The molecule has 0 radical (unpaired) electrons. The van der Waals surface area contributed by atoms with E-state index in [2.05, 4.69) is 0 Å². The zero-order valence-electron chi connectivity index (χ0n) is 13.7. The first-order valence-corrected chi connectivity index (χ1v) is 8.93. The molecule has 0 amide bonds. The average molecular weight is 381 g/mol. The van der Waals surface area contributed by atoms with Crippen molar-refractivity contribution in [1.82, 2.24) is 0 Å². The highest BCUT2D eigenvalue weighted by Gasteiger charge is 2.17. The first kappa shape index (κ1) is 16.9. The molecule has 3 aromatic carbocycles. The van der Waals surface area contributed by atoms with Gasteiger partial charge in [-0.15, -0.1) is 0 Å². The molecule has 0 aliphatic carbocycles. The number of halogens is 2. The molecule has 0 saturated carbocycles. The van der Waals surface area contributed by atoms with Crippen LogP contribution < -0.4 is 5.43 Å². The van der Waals surface area contributed by atoms with Gasteiger partial charge in [-0.25, -0.2) is 0 Å². The third kappa shape index (κ3) is 3.14. The third-order valence-electron chi connectivity index (χ3n) is 4.31. The van der Waals surface area contributed by atoms with Crippen molar-refractivity contribution >= 4 is 34.2 Å². The van der Waals surface area contributed by atoms with Gasteiger partial charge in [0.1, 0.15) is 11.3 Å². The first-order chi connectivity index (χ1) is 12.6. The summed E-state index contributed by atoms with van der Waals surface area (Å²) in [4.78, 5) is 13.2. The van der Waals surface area contributed by atoms with Crippen LogP contribution in [0.3, 0.4) is 0 Å². The Morgan fingerprint density at radius 3 is 2.35 bits per heavy atom.